The second kappa shape index (κ2) is 5.82. The molecule has 1 atom stereocenters. The van der Waals surface area contributed by atoms with Gasteiger partial charge in [-0.05, 0) is 30.9 Å². The number of carboxylic acids is 1. The number of carbonyl (C=O) groups is 2. The van der Waals surface area contributed by atoms with E-state index in [9.17, 15) is 9.59 Å². The van der Waals surface area contributed by atoms with Gasteiger partial charge < -0.3 is 10.0 Å². The molecular formula is C14H18N2O3. The molecule has 0 bridgehead atoms. The molecule has 19 heavy (non-hydrogen) atoms. The van der Waals surface area contributed by atoms with Crippen molar-refractivity contribution in [1.29, 1.82) is 0 Å². The number of likely N-dealkylation sites (tertiary alicyclic amines) is 1. The molecule has 0 saturated carbocycles. The number of hydrogen-bond donors (Lipinski definition) is 1. The Kier molecular flexibility index (Phi) is 4.14. The number of aromatic nitrogens is 1. The van der Waals surface area contributed by atoms with Gasteiger partial charge in [-0.25, -0.2) is 4.79 Å². The van der Waals surface area contributed by atoms with E-state index in [2.05, 4.69) is 11.9 Å². The zero-order chi connectivity index (χ0) is 13.8. The molecule has 0 aromatic carbocycles. The number of pyridine rings is 1. The topological polar surface area (TPSA) is 70.5 Å². The highest BCUT2D eigenvalue weighted by Gasteiger charge is 2.22. The molecule has 2 heterocycles. The van der Waals surface area contributed by atoms with E-state index in [1.165, 1.54) is 18.3 Å². The van der Waals surface area contributed by atoms with Crippen molar-refractivity contribution in [3.05, 3.63) is 29.6 Å². The van der Waals surface area contributed by atoms with Gasteiger partial charge in [0.25, 0.3) is 5.91 Å². The third-order valence-corrected chi connectivity index (χ3v) is 3.42. The molecule has 1 saturated heterocycles. The molecule has 0 aliphatic carbocycles. The molecule has 102 valence electrons. The summed E-state index contributed by atoms with van der Waals surface area (Å²) in [5, 5.41) is 8.94. The second-order valence-electron chi connectivity index (χ2n) is 5.09. The predicted octanol–water partition coefficient (Wildman–Crippen LogP) is 2.04. The van der Waals surface area contributed by atoms with Crippen molar-refractivity contribution in [3.8, 4) is 0 Å². The van der Waals surface area contributed by atoms with Gasteiger partial charge in [-0.15, -0.1) is 0 Å². The van der Waals surface area contributed by atoms with Crippen LogP contribution in [0.5, 0.6) is 0 Å². The molecule has 1 unspecified atom stereocenters. The number of carbonyl (C=O) groups excluding carboxylic acids is 1. The summed E-state index contributed by atoms with van der Waals surface area (Å²) in [6.07, 6.45) is 4.63. The van der Waals surface area contributed by atoms with Gasteiger partial charge in [0.05, 0.1) is 5.56 Å². The molecule has 2 rings (SSSR count). The number of amides is 1. The van der Waals surface area contributed by atoms with E-state index in [0.29, 0.717) is 5.92 Å². The molecule has 1 aromatic rings. The zero-order valence-electron chi connectivity index (χ0n) is 11.0. The fraction of sp³-hybridized carbons (Fsp3) is 0.500. The maximum absolute atomic E-state index is 12.3. The highest BCUT2D eigenvalue weighted by atomic mass is 16.4. The fourth-order valence-corrected chi connectivity index (χ4v) is 2.38. The van der Waals surface area contributed by atoms with Crippen LogP contribution in [0.2, 0.25) is 0 Å². The van der Waals surface area contributed by atoms with Crippen LogP contribution in [0.1, 0.15) is 47.0 Å². The minimum absolute atomic E-state index is 0.0984. The van der Waals surface area contributed by atoms with E-state index in [-0.39, 0.29) is 17.2 Å². The lowest BCUT2D eigenvalue weighted by atomic mass is 10.1. The van der Waals surface area contributed by atoms with Gasteiger partial charge in [-0.1, -0.05) is 13.3 Å². The van der Waals surface area contributed by atoms with Gasteiger partial charge in [-0.3, -0.25) is 9.78 Å². The van der Waals surface area contributed by atoms with Crippen molar-refractivity contribution in [2.75, 3.05) is 13.1 Å². The van der Waals surface area contributed by atoms with Gasteiger partial charge in [-0.2, -0.15) is 0 Å². The smallest absolute Gasteiger partial charge is 0.335 e. The lowest BCUT2D eigenvalue weighted by Crippen LogP contribution is -2.34. The minimum atomic E-state index is -1.04. The summed E-state index contributed by atoms with van der Waals surface area (Å²) in [5.41, 5.74) is 0.315. The average molecular weight is 262 g/mol. The molecule has 1 aliphatic heterocycles. The number of aromatic carboxylic acids is 1. The summed E-state index contributed by atoms with van der Waals surface area (Å²) >= 11 is 0. The van der Waals surface area contributed by atoms with Crippen LogP contribution in [0, 0.1) is 5.92 Å². The first-order chi connectivity index (χ1) is 9.08. The molecule has 5 nitrogen and oxygen atoms in total. The van der Waals surface area contributed by atoms with Crippen molar-refractivity contribution in [2.45, 2.75) is 26.2 Å². The summed E-state index contributed by atoms with van der Waals surface area (Å²) in [6.45, 7) is 3.58. The monoisotopic (exact) mass is 262 g/mol. The van der Waals surface area contributed by atoms with Crippen LogP contribution < -0.4 is 0 Å². The van der Waals surface area contributed by atoms with Gasteiger partial charge in [0, 0.05) is 19.3 Å². The quantitative estimate of drug-likeness (QED) is 0.885. The Balaban J connectivity index is 2.18. The van der Waals surface area contributed by atoms with Crippen LogP contribution in [-0.4, -0.2) is 40.0 Å². The molecule has 5 heteroatoms. The number of nitrogens with zero attached hydrogens (tertiary/aromatic N) is 2. The van der Waals surface area contributed by atoms with E-state index in [1.54, 1.807) is 4.90 Å². The minimum Gasteiger partial charge on any atom is -0.478 e. The highest BCUT2D eigenvalue weighted by Crippen LogP contribution is 2.17. The lowest BCUT2D eigenvalue weighted by molar-refractivity contribution is 0.0696. The summed E-state index contributed by atoms with van der Waals surface area (Å²) < 4.78 is 0. The normalized spacial score (nSPS) is 19.8. The summed E-state index contributed by atoms with van der Waals surface area (Å²) in [7, 11) is 0. The van der Waals surface area contributed by atoms with Crippen LogP contribution >= 0.6 is 0 Å². The Morgan fingerprint density at radius 3 is 2.95 bits per heavy atom. The van der Waals surface area contributed by atoms with Crippen molar-refractivity contribution >= 4 is 11.9 Å². The van der Waals surface area contributed by atoms with Crippen LogP contribution in [0.25, 0.3) is 0 Å². The van der Waals surface area contributed by atoms with E-state index in [4.69, 9.17) is 5.11 Å². The van der Waals surface area contributed by atoms with Crippen LogP contribution in [0.15, 0.2) is 18.3 Å². The van der Waals surface area contributed by atoms with E-state index in [1.807, 2.05) is 0 Å². The SMILES string of the molecule is CC1CCCCN(C(=O)c2cc(C(=O)O)ccn2)C1. The Morgan fingerprint density at radius 2 is 2.21 bits per heavy atom. The second-order valence-corrected chi connectivity index (χ2v) is 5.09. The summed E-state index contributed by atoms with van der Waals surface area (Å²) in [6, 6.07) is 2.74. The Labute approximate surface area is 112 Å². The summed E-state index contributed by atoms with van der Waals surface area (Å²) in [4.78, 5) is 29.0. The van der Waals surface area contributed by atoms with Gasteiger partial charge in [0.1, 0.15) is 5.69 Å². The Morgan fingerprint density at radius 1 is 1.42 bits per heavy atom. The third-order valence-electron chi connectivity index (χ3n) is 3.42. The van der Waals surface area contributed by atoms with E-state index in [0.717, 1.165) is 32.4 Å². The van der Waals surface area contributed by atoms with Crippen molar-refractivity contribution in [1.82, 2.24) is 9.88 Å². The van der Waals surface area contributed by atoms with E-state index < -0.39 is 5.97 Å². The maximum atomic E-state index is 12.3. The predicted molar refractivity (Wildman–Crippen MR) is 70.1 cm³/mol. The largest absolute Gasteiger partial charge is 0.478 e. The molecule has 1 fully saturated rings. The average Bonchev–Trinajstić information content (AvgIpc) is 2.62. The molecule has 1 amide bonds. The van der Waals surface area contributed by atoms with Crippen molar-refractivity contribution in [3.63, 3.8) is 0 Å². The summed E-state index contributed by atoms with van der Waals surface area (Å²) in [5.74, 6) is -0.730. The van der Waals surface area contributed by atoms with Gasteiger partial charge in [0.15, 0.2) is 0 Å². The number of carboxylic acid groups (broad SMARTS) is 1. The molecule has 1 aromatic heterocycles. The van der Waals surface area contributed by atoms with Gasteiger partial charge in [0.2, 0.25) is 0 Å². The third kappa shape index (κ3) is 3.30. The molecule has 0 spiro atoms. The molecule has 1 aliphatic rings. The fourth-order valence-electron chi connectivity index (χ4n) is 2.38. The zero-order valence-corrected chi connectivity index (χ0v) is 11.0. The first-order valence-electron chi connectivity index (χ1n) is 6.56. The van der Waals surface area contributed by atoms with Crippen molar-refractivity contribution in [2.24, 2.45) is 5.92 Å². The Hall–Kier alpha value is -1.91. The highest BCUT2D eigenvalue weighted by molar-refractivity contribution is 5.95. The maximum Gasteiger partial charge on any atom is 0.335 e. The molecule has 0 radical (unpaired) electrons. The van der Waals surface area contributed by atoms with Crippen molar-refractivity contribution < 1.29 is 14.7 Å². The van der Waals surface area contributed by atoms with Crippen LogP contribution in [0.4, 0.5) is 0 Å². The lowest BCUT2D eigenvalue weighted by Gasteiger charge is -2.22. The number of hydrogen-bond acceptors (Lipinski definition) is 3. The van der Waals surface area contributed by atoms with Crippen LogP contribution in [-0.2, 0) is 0 Å². The molecule has 1 N–H and O–H groups in total. The number of rotatable bonds is 2. The first kappa shape index (κ1) is 13.5. The standard InChI is InChI=1S/C14H18N2O3/c1-10-4-2-3-7-16(9-10)13(17)12-8-11(14(18)19)5-6-15-12/h5-6,8,10H,2-4,7,9H2,1H3,(H,18,19). The van der Waals surface area contributed by atoms with Crippen LogP contribution in [0.3, 0.4) is 0 Å². The Bertz CT molecular complexity index is 487. The van der Waals surface area contributed by atoms with Gasteiger partial charge >= 0.3 is 5.97 Å². The molecular weight excluding hydrogens is 244 g/mol. The van der Waals surface area contributed by atoms with E-state index >= 15 is 0 Å². The first-order valence-corrected chi connectivity index (χ1v) is 6.56.